The summed E-state index contributed by atoms with van der Waals surface area (Å²) in [5, 5.41) is 15.0. The van der Waals surface area contributed by atoms with Crippen molar-refractivity contribution in [1.29, 1.82) is 5.41 Å². The summed E-state index contributed by atoms with van der Waals surface area (Å²) in [6.07, 6.45) is 5.80. The number of aryl methyl sites for hydroxylation is 1. The maximum absolute atomic E-state index is 8.26. The first kappa shape index (κ1) is 24.4. The fraction of sp³-hybridized carbons (Fsp3) is 0.481. The second-order valence-corrected chi connectivity index (χ2v) is 10.1. The molecule has 1 fully saturated rings. The molecule has 2 aromatic heterocycles. The second-order valence-electron chi connectivity index (χ2n) is 10.1. The van der Waals surface area contributed by atoms with Crippen molar-refractivity contribution in [2.45, 2.75) is 46.2 Å². The number of allylic oxidation sites excluding steroid dienone is 2. The molecule has 2 aliphatic rings. The van der Waals surface area contributed by atoms with Crippen LogP contribution in [0.2, 0.25) is 0 Å². The van der Waals surface area contributed by atoms with Crippen molar-refractivity contribution >= 4 is 11.8 Å². The minimum absolute atomic E-state index is 0.196. The van der Waals surface area contributed by atoms with Gasteiger partial charge in [0.1, 0.15) is 35.4 Å². The van der Waals surface area contributed by atoms with E-state index in [0.717, 1.165) is 71.5 Å². The van der Waals surface area contributed by atoms with Crippen molar-refractivity contribution in [1.82, 2.24) is 29.2 Å². The Morgan fingerprint density at radius 3 is 2.64 bits per heavy atom. The molecule has 1 aromatic carbocycles. The van der Waals surface area contributed by atoms with Crippen LogP contribution in [0.4, 0.5) is 0 Å². The lowest BCUT2D eigenvalue weighted by atomic mass is 9.88. The van der Waals surface area contributed by atoms with Gasteiger partial charge in [-0.3, -0.25) is 0 Å². The molecule has 2 aliphatic heterocycles. The summed E-state index contributed by atoms with van der Waals surface area (Å²) in [7, 11) is 4.27. The summed E-state index contributed by atoms with van der Waals surface area (Å²) >= 11 is 0. The molecule has 9 heteroatoms. The normalized spacial score (nSPS) is 17.3. The van der Waals surface area contributed by atoms with E-state index in [4.69, 9.17) is 15.1 Å². The van der Waals surface area contributed by atoms with Crippen molar-refractivity contribution in [2.75, 3.05) is 33.8 Å². The van der Waals surface area contributed by atoms with Crippen LogP contribution in [0.25, 0.3) is 28.5 Å². The number of quaternary nitrogens is 1. The standard InChI is InChI=1S/C27H36N8O/c1-17(2)35-27(30-18(3)32-35)23-16-34-12-13-36-24-14-20(6-7-21(24)26(34)31-23)22(15-28)25(29-4)19-8-10-33(5)11-9-19/h6-7,14-17,19,28-29H,8-13H2,1-5H3/p+1. The van der Waals surface area contributed by atoms with Crippen molar-refractivity contribution in [2.24, 2.45) is 5.92 Å². The highest BCUT2D eigenvalue weighted by atomic mass is 16.5. The number of nitrogens with two attached hydrogens (primary N) is 1. The van der Waals surface area contributed by atoms with E-state index < -0.39 is 0 Å². The van der Waals surface area contributed by atoms with Crippen LogP contribution in [0, 0.1) is 18.3 Å². The first-order valence-electron chi connectivity index (χ1n) is 12.9. The van der Waals surface area contributed by atoms with Crippen LogP contribution in [0.3, 0.4) is 0 Å². The van der Waals surface area contributed by atoms with E-state index in [-0.39, 0.29) is 6.04 Å². The van der Waals surface area contributed by atoms with Gasteiger partial charge in [0, 0.05) is 24.4 Å². The number of benzene rings is 1. The first-order valence-corrected chi connectivity index (χ1v) is 12.9. The van der Waals surface area contributed by atoms with Crippen molar-refractivity contribution in [3.8, 4) is 28.7 Å². The molecule has 0 aliphatic carbocycles. The average Bonchev–Trinajstić information content (AvgIpc) is 3.42. The SMILES string of the molecule is C[NH2+]C(=C(C=N)c1ccc2c(c1)OCCn1cc(-c3nc(C)nn3C(C)C)nc1-2)C1CCN(C)CC1. The Morgan fingerprint density at radius 2 is 1.94 bits per heavy atom. The van der Waals surface area contributed by atoms with Gasteiger partial charge >= 0.3 is 0 Å². The van der Waals surface area contributed by atoms with Gasteiger partial charge in [0.25, 0.3) is 0 Å². The van der Waals surface area contributed by atoms with Gasteiger partial charge in [-0.25, -0.2) is 14.6 Å². The molecule has 36 heavy (non-hydrogen) atoms. The Morgan fingerprint density at radius 1 is 1.17 bits per heavy atom. The van der Waals surface area contributed by atoms with E-state index in [9.17, 15) is 0 Å². The number of hydrogen-bond acceptors (Lipinski definition) is 6. The van der Waals surface area contributed by atoms with E-state index in [0.29, 0.717) is 19.1 Å². The molecule has 0 atom stereocenters. The van der Waals surface area contributed by atoms with Gasteiger partial charge < -0.3 is 24.9 Å². The molecule has 5 rings (SSSR count). The fourth-order valence-electron chi connectivity index (χ4n) is 5.39. The minimum Gasteiger partial charge on any atom is -0.491 e. The summed E-state index contributed by atoms with van der Waals surface area (Å²) in [6, 6.07) is 6.47. The summed E-state index contributed by atoms with van der Waals surface area (Å²) < 4.78 is 10.3. The average molecular weight is 490 g/mol. The van der Waals surface area contributed by atoms with Crippen LogP contribution in [-0.2, 0) is 6.54 Å². The number of imidazole rings is 1. The maximum atomic E-state index is 8.26. The highest BCUT2D eigenvalue weighted by molar-refractivity contribution is 6.09. The fourth-order valence-corrected chi connectivity index (χ4v) is 5.39. The van der Waals surface area contributed by atoms with Crippen molar-refractivity contribution in [3.05, 3.63) is 41.5 Å². The van der Waals surface area contributed by atoms with Gasteiger partial charge in [0.15, 0.2) is 5.82 Å². The lowest BCUT2D eigenvalue weighted by molar-refractivity contribution is -0.582. The topological polar surface area (TPSA) is 101 Å². The lowest BCUT2D eigenvalue weighted by Crippen LogP contribution is -2.79. The van der Waals surface area contributed by atoms with Crippen LogP contribution in [0.1, 0.15) is 44.1 Å². The Hall–Kier alpha value is -3.30. The Kier molecular flexibility index (Phi) is 6.77. The van der Waals surface area contributed by atoms with Gasteiger partial charge in [-0.15, -0.1) is 0 Å². The van der Waals surface area contributed by atoms with Crippen LogP contribution in [0.5, 0.6) is 5.75 Å². The van der Waals surface area contributed by atoms with Gasteiger partial charge in [0.05, 0.1) is 24.7 Å². The highest BCUT2D eigenvalue weighted by Gasteiger charge is 2.27. The number of likely N-dealkylation sites (tertiary alicyclic amines) is 1. The Balaban J connectivity index is 1.54. The zero-order valence-corrected chi connectivity index (χ0v) is 22.0. The van der Waals surface area contributed by atoms with Crippen LogP contribution >= 0.6 is 0 Å². The summed E-state index contributed by atoms with van der Waals surface area (Å²) in [6.45, 7) is 9.57. The van der Waals surface area contributed by atoms with E-state index >= 15 is 0 Å². The smallest absolute Gasteiger partial charge is 0.178 e. The predicted molar refractivity (Wildman–Crippen MR) is 141 cm³/mol. The second kappa shape index (κ2) is 9.99. The largest absolute Gasteiger partial charge is 0.491 e. The van der Waals surface area contributed by atoms with Crippen LogP contribution in [-0.4, -0.2) is 69.2 Å². The van der Waals surface area contributed by atoms with Gasteiger partial charge in [0.2, 0.25) is 0 Å². The Bertz CT molecular complexity index is 1290. The number of fused-ring (bicyclic) bond motifs is 3. The molecule has 3 aromatic rings. The molecule has 0 saturated carbocycles. The highest BCUT2D eigenvalue weighted by Crippen LogP contribution is 2.36. The number of nitrogens with zero attached hydrogens (tertiary/aromatic N) is 6. The number of nitrogens with one attached hydrogen (secondary N) is 1. The predicted octanol–water partition coefficient (Wildman–Crippen LogP) is 2.99. The molecule has 0 radical (unpaired) electrons. The van der Waals surface area contributed by atoms with Crippen molar-refractivity contribution in [3.63, 3.8) is 0 Å². The monoisotopic (exact) mass is 489 g/mol. The molecule has 9 nitrogen and oxygen atoms in total. The summed E-state index contributed by atoms with van der Waals surface area (Å²) in [5.74, 6) is 3.69. The molecule has 190 valence electrons. The molecular formula is C27H37N8O+. The van der Waals surface area contributed by atoms with E-state index in [1.807, 2.05) is 11.6 Å². The van der Waals surface area contributed by atoms with Gasteiger partial charge in [-0.05, 0) is 71.4 Å². The molecule has 0 amide bonds. The minimum atomic E-state index is 0.196. The summed E-state index contributed by atoms with van der Waals surface area (Å²) in [4.78, 5) is 12.0. The number of ether oxygens (including phenoxy) is 1. The van der Waals surface area contributed by atoms with E-state index in [1.165, 1.54) is 11.9 Å². The van der Waals surface area contributed by atoms with Crippen LogP contribution in [0.15, 0.2) is 30.1 Å². The third kappa shape index (κ3) is 4.49. The molecule has 0 bridgehead atoms. The summed E-state index contributed by atoms with van der Waals surface area (Å²) in [5.41, 5.74) is 5.04. The maximum Gasteiger partial charge on any atom is 0.178 e. The van der Waals surface area contributed by atoms with E-state index in [2.05, 4.69) is 77.2 Å². The quantitative estimate of drug-likeness (QED) is 0.519. The number of rotatable bonds is 6. The third-order valence-corrected chi connectivity index (χ3v) is 7.28. The third-order valence-electron chi connectivity index (χ3n) is 7.28. The van der Waals surface area contributed by atoms with Crippen molar-refractivity contribution < 1.29 is 10.1 Å². The molecule has 4 heterocycles. The van der Waals surface area contributed by atoms with Gasteiger partial charge in [-0.2, -0.15) is 5.10 Å². The number of aromatic nitrogens is 5. The molecule has 1 saturated heterocycles. The Labute approximate surface area is 212 Å². The lowest BCUT2D eigenvalue weighted by Gasteiger charge is -2.29. The number of hydrogen-bond donors (Lipinski definition) is 2. The van der Waals surface area contributed by atoms with Gasteiger partial charge in [-0.1, -0.05) is 6.07 Å². The molecular weight excluding hydrogens is 452 g/mol. The van der Waals surface area contributed by atoms with E-state index in [1.54, 1.807) is 0 Å². The molecule has 0 unspecified atom stereocenters. The molecule has 3 N–H and O–H groups in total. The first-order chi connectivity index (χ1) is 17.4. The number of piperidine rings is 1. The zero-order chi connectivity index (χ0) is 25.4. The molecule has 0 spiro atoms. The van der Waals surface area contributed by atoms with Crippen LogP contribution < -0.4 is 10.1 Å². The zero-order valence-electron chi connectivity index (χ0n) is 22.0.